The molecule has 122 valence electrons. The highest BCUT2D eigenvalue weighted by atomic mass is 35.5. The van der Waals surface area contributed by atoms with E-state index in [4.69, 9.17) is 10.5 Å². The van der Waals surface area contributed by atoms with Gasteiger partial charge in [-0.25, -0.2) is 0 Å². The maximum absolute atomic E-state index is 12.7. The molecule has 0 spiro atoms. The van der Waals surface area contributed by atoms with Crippen LogP contribution in [0.5, 0.6) is 5.75 Å². The van der Waals surface area contributed by atoms with Crippen LogP contribution in [-0.4, -0.2) is 18.1 Å². The molecule has 1 heterocycles. The molecule has 1 aromatic rings. The topological polar surface area (TPSA) is 64.4 Å². The predicted molar refractivity (Wildman–Crippen MR) is 89.2 cm³/mol. The van der Waals surface area contributed by atoms with Crippen molar-refractivity contribution in [2.45, 2.75) is 50.6 Å². The molecule has 0 bridgehead atoms. The van der Waals surface area contributed by atoms with Crippen LogP contribution < -0.4 is 15.8 Å². The molecule has 1 saturated carbocycles. The number of nitrogens with one attached hydrogen (secondary N) is 1. The number of nitrogens with two attached hydrogens (primary N) is 1. The predicted octanol–water partition coefficient (Wildman–Crippen LogP) is 2.96. The maximum Gasteiger partial charge on any atom is 0.225 e. The van der Waals surface area contributed by atoms with E-state index in [-0.39, 0.29) is 35.8 Å². The van der Waals surface area contributed by atoms with Gasteiger partial charge in [0.05, 0.1) is 18.6 Å². The third-order valence-electron chi connectivity index (χ3n) is 4.85. The normalized spacial score (nSPS) is 30.5. The van der Waals surface area contributed by atoms with Crippen LogP contribution in [0.15, 0.2) is 24.3 Å². The van der Waals surface area contributed by atoms with Gasteiger partial charge in [0.2, 0.25) is 5.91 Å². The first kappa shape index (κ1) is 17.1. The van der Waals surface area contributed by atoms with Gasteiger partial charge in [0.1, 0.15) is 5.75 Å². The Labute approximate surface area is 138 Å². The molecule has 1 amide bonds. The molecule has 3 unspecified atom stereocenters. The van der Waals surface area contributed by atoms with Crippen LogP contribution in [0.1, 0.15) is 50.6 Å². The van der Waals surface area contributed by atoms with Crippen molar-refractivity contribution in [1.29, 1.82) is 0 Å². The molecule has 5 heteroatoms. The van der Waals surface area contributed by atoms with Gasteiger partial charge in [-0.2, -0.15) is 0 Å². The summed E-state index contributed by atoms with van der Waals surface area (Å²) >= 11 is 0. The first-order valence-electron chi connectivity index (χ1n) is 7.89. The average Bonchev–Trinajstić information content (AvgIpc) is 2.47. The first-order valence-corrected chi connectivity index (χ1v) is 7.89. The number of carbonyl (C=O) groups is 1. The van der Waals surface area contributed by atoms with Crippen molar-refractivity contribution in [3.8, 4) is 5.75 Å². The van der Waals surface area contributed by atoms with Crippen molar-refractivity contribution in [2.24, 2.45) is 11.7 Å². The van der Waals surface area contributed by atoms with Gasteiger partial charge in [-0.15, -0.1) is 12.4 Å². The Morgan fingerprint density at radius 1 is 1.32 bits per heavy atom. The molecule has 0 saturated heterocycles. The summed E-state index contributed by atoms with van der Waals surface area (Å²) in [5.41, 5.74) is 7.03. The number of ether oxygens (including phenoxy) is 1. The summed E-state index contributed by atoms with van der Waals surface area (Å²) in [7, 11) is 0. The zero-order chi connectivity index (χ0) is 14.9. The molecule has 0 radical (unpaired) electrons. The summed E-state index contributed by atoms with van der Waals surface area (Å²) in [4.78, 5) is 12.7. The van der Waals surface area contributed by atoms with Gasteiger partial charge in [-0.3, -0.25) is 4.79 Å². The minimum Gasteiger partial charge on any atom is -0.493 e. The lowest BCUT2D eigenvalue weighted by Crippen LogP contribution is -2.53. The highest BCUT2D eigenvalue weighted by Gasteiger charge is 2.38. The summed E-state index contributed by atoms with van der Waals surface area (Å²) in [5, 5.41) is 3.20. The summed E-state index contributed by atoms with van der Waals surface area (Å²) in [6.45, 7) is 2.65. The molecule has 1 aliphatic heterocycles. The van der Waals surface area contributed by atoms with Gasteiger partial charge in [0.25, 0.3) is 0 Å². The fraction of sp³-hybridized carbons (Fsp3) is 0.588. The standard InChI is InChI=1S/C17H24N2O2.ClH/c1-17(18)10-5-4-7-13(17)16(20)19-14-9-11-21-15-8-3-2-6-12(14)15;/h2-3,6,8,13-14H,4-5,7,9-11,18H2,1H3,(H,19,20);1H. The second kappa shape index (κ2) is 6.88. The number of carbonyl (C=O) groups excluding carboxylic acids is 1. The fourth-order valence-corrected chi connectivity index (χ4v) is 3.55. The van der Waals surface area contributed by atoms with Gasteiger partial charge < -0.3 is 15.8 Å². The van der Waals surface area contributed by atoms with E-state index in [1.165, 1.54) is 0 Å². The molecule has 0 aromatic heterocycles. The molecule has 3 atom stereocenters. The Hall–Kier alpha value is -1.26. The summed E-state index contributed by atoms with van der Waals surface area (Å²) < 4.78 is 5.65. The molecule has 22 heavy (non-hydrogen) atoms. The Balaban J connectivity index is 0.00000176. The zero-order valence-electron chi connectivity index (χ0n) is 13.0. The van der Waals surface area contributed by atoms with E-state index >= 15 is 0 Å². The summed E-state index contributed by atoms with van der Waals surface area (Å²) in [6.07, 6.45) is 4.85. The Bertz CT molecular complexity index is 533. The van der Waals surface area contributed by atoms with E-state index in [2.05, 4.69) is 5.32 Å². The number of hydrogen-bond donors (Lipinski definition) is 2. The van der Waals surface area contributed by atoms with Crippen molar-refractivity contribution in [3.05, 3.63) is 29.8 Å². The van der Waals surface area contributed by atoms with E-state index < -0.39 is 0 Å². The second-order valence-corrected chi connectivity index (χ2v) is 6.54. The maximum atomic E-state index is 12.7. The minimum absolute atomic E-state index is 0. The summed E-state index contributed by atoms with van der Waals surface area (Å²) in [6, 6.07) is 7.98. The van der Waals surface area contributed by atoms with Crippen molar-refractivity contribution in [3.63, 3.8) is 0 Å². The third-order valence-corrected chi connectivity index (χ3v) is 4.85. The van der Waals surface area contributed by atoms with Crippen molar-refractivity contribution in [1.82, 2.24) is 5.32 Å². The number of amides is 1. The molecule has 1 aromatic carbocycles. The van der Waals surface area contributed by atoms with E-state index in [0.717, 1.165) is 43.4 Å². The van der Waals surface area contributed by atoms with E-state index in [0.29, 0.717) is 6.61 Å². The average molecular weight is 325 g/mol. The Morgan fingerprint density at radius 2 is 2.09 bits per heavy atom. The summed E-state index contributed by atoms with van der Waals surface area (Å²) in [5.74, 6) is 0.899. The van der Waals surface area contributed by atoms with Crippen LogP contribution in [0.4, 0.5) is 0 Å². The number of fused-ring (bicyclic) bond motifs is 1. The molecule has 3 rings (SSSR count). The first-order chi connectivity index (χ1) is 10.1. The van der Waals surface area contributed by atoms with Gasteiger partial charge >= 0.3 is 0 Å². The molecular weight excluding hydrogens is 300 g/mol. The zero-order valence-corrected chi connectivity index (χ0v) is 13.8. The smallest absolute Gasteiger partial charge is 0.225 e. The lowest BCUT2D eigenvalue weighted by Gasteiger charge is -2.38. The van der Waals surface area contributed by atoms with Gasteiger partial charge in [0, 0.05) is 17.5 Å². The van der Waals surface area contributed by atoms with Crippen LogP contribution in [-0.2, 0) is 4.79 Å². The molecule has 2 aliphatic rings. The quantitative estimate of drug-likeness (QED) is 0.879. The minimum atomic E-state index is -0.382. The van der Waals surface area contributed by atoms with Crippen LogP contribution in [0.25, 0.3) is 0 Å². The molecular formula is C17H25ClN2O2. The number of rotatable bonds is 2. The third kappa shape index (κ3) is 3.39. The van der Waals surface area contributed by atoms with E-state index in [9.17, 15) is 4.79 Å². The highest BCUT2D eigenvalue weighted by molar-refractivity contribution is 5.85. The van der Waals surface area contributed by atoms with Crippen LogP contribution in [0.3, 0.4) is 0 Å². The molecule has 3 N–H and O–H groups in total. The monoisotopic (exact) mass is 324 g/mol. The lowest BCUT2D eigenvalue weighted by atomic mass is 9.74. The SMILES string of the molecule is CC1(N)CCCCC1C(=O)NC1CCOc2ccccc21.Cl. The van der Waals surface area contributed by atoms with Crippen LogP contribution in [0.2, 0.25) is 0 Å². The number of hydrogen-bond acceptors (Lipinski definition) is 3. The number of benzene rings is 1. The highest BCUT2D eigenvalue weighted by Crippen LogP contribution is 2.35. The Kier molecular flexibility index (Phi) is 5.35. The van der Waals surface area contributed by atoms with Crippen molar-refractivity contribution < 1.29 is 9.53 Å². The lowest BCUT2D eigenvalue weighted by molar-refractivity contribution is -0.129. The fourth-order valence-electron chi connectivity index (χ4n) is 3.55. The molecule has 4 nitrogen and oxygen atoms in total. The number of para-hydroxylation sites is 1. The van der Waals surface area contributed by atoms with Gasteiger partial charge in [-0.05, 0) is 25.8 Å². The number of halogens is 1. The Morgan fingerprint density at radius 3 is 2.86 bits per heavy atom. The largest absolute Gasteiger partial charge is 0.493 e. The van der Waals surface area contributed by atoms with Crippen LogP contribution in [0, 0.1) is 5.92 Å². The molecule has 1 aliphatic carbocycles. The van der Waals surface area contributed by atoms with E-state index in [1.54, 1.807) is 0 Å². The van der Waals surface area contributed by atoms with Gasteiger partial charge in [0.15, 0.2) is 0 Å². The van der Waals surface area contributed by atoms with Crippen molar-refractivity contribution >= 4 is 18.3 Å². The van der Waals surface area contributed by atoms with Crippen LogP contribution >= 0.6 is 12.4 Å². The molecule has 1 fully saturated rings. The van der Waals surface area contributed by atoms with Gasteiger partial charge in [-0.1, -0.05) is 31.0 Å². The van der Waals surface area contributed by atoms with E-state index in [1.807, 2.05) is 31.2 Å². The van der Waals surface area contributed by atoms with Crippen molar-refractivity contribution in [2.75, 3.05) is 6.61 Å². The second-order valence-electron chi connectivity index (χ2n) is 6.54.